The summed E-state index contributed by atoms with van der Waals surface area (Å²) in [5.74, 6) is -0.937. The second-order valence-electron chi connectivity index (χ2n) is 14.5. The highest BCUT2D eigenvalue weighted by Crippen LogP contribution is 2.16. The molecule has 0 saturated carbocycles. The molecule has 0 bridgehead atoms. The van der Waals surface area contributed by atoms with Crippen molar-refractivity contribution in [3.05, 3.63) is 0 Å². The number of nitrogens with two attached hydrogens (primary N) is 1. The zero-order valence-corrected chi connectivity index (χ0v) is 31.3. The smallest absolute Gasteiger partial charge is 0.303 e. The van der Waals surface area contributed by atoms with E-state index in [9.17, 15) is 9.59 Å². The summed E-state index contributed by atoms with van der Waals surface area (Å²) in [7, 11) is 0. The van der Waals surface area contributed by atoms with Gasteiger partial charge in [-0.25, -0.2) is 0 Å². The summed E-state index contributed by atoms with van der Waals surface area (Å²) in [5.41, 5.74) is 6.13. The van der Waals surface area contributed by atoms with E-state index in [1.165, 1.54) is 180 Å². The first kappa shape index (κ1) is 44.9. The summed E-state index contributed by atoms with van der Waals surface area (Å²) >= 11 is 0. The molecule has 0 saturated heterocycles. The van der Waals surface area contributed by atoms with Crippen molar-refractivity contribution in [2.24, 2.45) is 5.73 Å². The first-order chi connectivity index (χ1) is 22.5. The van der Waals surface area contributed by atoms with Crippen LogP contribution in [0.2, 0.25) is 0 Å². The van der Waals surface area contributed by atoms with Gasteiger partial charge in [0, 0.05) is 19.5 Å². The molecular weight excluding hydrogens is 568 g/mol. The third-order valence-electron chi connectivity index (χ3n) is 9.86. The largest absolute Gasteiger partial charge is 0.481 e. The number of carbonyl (C=O) groups is 2. The van der Waals surface area contributed by atoms with Crippen LogP contribution in [0.5, 0.6) is 0 Å². The van der Waals surface area contributed by atoms with Crippen LogP contribution in [0.25, 0.3) is 0 Å². The van der Waals surface area contributed by atoms with E-state index in [0.29, 0.717) is 0 Å². The second-order valence-corrected chi connectivity index (χ2v) is 14.5. The summed E-state index contributed by atoms with van der Waals surface area (Å²) in [6, 6.07) is -0.696. The molecule has 0 aromatic rings. The summed E-state index contributed by atoms with van der Waals surface area (Å²) in [5, 5.41) is 9.02. The Labute approximate surface area is 288 Å². The van der Waals surface area contributed by atoms with Crippen LogP contribution in [0.4, 0.5) is 0 Å². The van der Waals surface area contributed by atoms with Crippen molar-refractivity contribution in [1.82, 2.24) is 4.90 Å². The van der Waals surface area contributed by atoms with Crippen molar-refractivity contribution in [3.8, 4) is 0 Å². The monoisotopic (exact) mass is 651 g/mol. The Hall–Kier alpha value is -1.10. The van der Waals surface area contributed by atoms with Gasteiger partial charge in [-0.2, -0.15) is 0 Å². The zero-order chi connectivity index (χ0) is 33.8. The van der Waals surface area contributed by atoms with Crippen LogP contribution >= 0.6 is 0 Å². The molecule has 3 N–H and O–H groups in total. The van der Waals surface area contributed by atoms with Crippen molar-refractivity contribution >= 4 is 11.9 Å². The van der Waals surface area contributed by atoms with E-state index in [0.717, 1.165) is 38.8 Å². The topological polar surface area (TPSA) is 83.6 Å². The van der Waals surface area contributed by atoms with Crippen LogP contribution in [0.15, 0.2) is 0 Å². The fraction of sp³-hybridized carbons (Fsp3) is 0.951. The van der Waals surface area contributed by atoms with Crippen LogP contribution in [0, 0.1) is 0 Å². The lowest BCUT2D eigenvalue weighted by Gasteiger charge is -2.26. The molecule has 0 aliphatic carbocycles. The Morgan fingerprint density at radius 3 is 0.935 bits per heavy atom. The SMILES string of the molecule is CCCCCCCCCCCCCCCCCCN(CCCCCCCCCCCCCCCCCC)C(=O)C(N)CCC(=O)O. The molecule has 0 fully saturated rings. The number of nitrogens with zero attached hydrogens (tertiary/aromatic N) is 1. The highest BCUT2D eigenvalue weighted by Gasteiger charge is 2.21. The molecular formula is C41H82N2O3. The van der Waals surface area contributed by atoms with Crippen molar-refractivity contribution in [2.75, 3.05) is 13.1 Å². The predicted octanol–water partition coefficient (Wildman–Crippen LogP) is 12.5. The van der Waals surface area contributed by atoms with Crippen molar-refractivity contribution in [2.45, 2.75) is 238 Å². The summed E-state index contributed by atoms with van der Waals surface area (Å²) in [6.45, 7) is 6.09. The van der Waals surface area contributed by atoms with Crippen molar-refractivity contribution in [1.29, 1.82) is 0 Å². The van der Waals surface area contributed by atoms with Gasteiger partial charge in [0.05, 0.1) is 6.04 Å². The van der Waals surface area contributed by atoms with Gasteiger partial charge in [-0.05, 0) is 19.3 Å². The first-order valence-electron chi connectivity index (χ1n) is 20.8. The lowest BCUT2D eigenvalue weighted by Crippen LogP contribution is -2.44. The minimum Gasteiger partial charge on any atom is -0.481 e. The molecule has 0 aliphatic heterocycles. The van der Waals surface area contributed by atoms with Crippen LogP contribution in [-0.4, -0.2) is 41.0 Å². The Balaban J connectivity index is 3.94. The van der Waals surface area contributed by atoms with Gasteiger partial charge in [0.15, 0.2) is 0 Å². The minimum absolute atomic E-state index is 0.0428. The maximum Gasteiger partial charge on any atom is 0.303 e. The minimum atomic E-state index is -0.884. The van der Waals surface area contributed by atoms with E-state index in [2.05, 4.69) is 13.8 Å². The molecule has 274 valence electrons. The molecule has 1 atom stereocenters. The highest BCUT2D eigenvalue weighted by atomic mass is 16.4. The average molecular weight is 651 g/mol. The first-order valence-corrected chi connectivity index (χ1v) is 20.8. The van der Waals surface area contributed by atoms with E-state index in [4.69, 9.17) is 10.8 Å². The van der Waals surface area contributed by atoms with Crippen molar-refractivity contribution in [3.63, 3.8) is 0 Å². The third-order valence-corrected chi connectivity index (χ3v) is 9.86. The standard InChI is InChI=1S/C41H82N2O3/c1-3-5-7-9-11-13-15-17-19-21-23-25-27-29-31-33-37-43(41(46)39(42)35-36-40(44)45)38-34-32-30-28-26-24-22-20-18-16-14-12-10-8-6-4-2/h39H,3-38,42H2,1-2H3,(H,44,45). The molecule has 46 heavy (non-hydrogen) atoms. The maximum atomic E-state index is 13.0. The fourth-order valence-corrected chi connectivity index (χ4v) is 6.67. The van der Waals surface area contributed by atoms with Crippen LogP contribution in [0.1, 0.15) is 232 Å². The molecule has 0 aromatic heterocycles. The van der Waals surface area contributed by atoms with E-state index in [1.807, 2.05) is 4.90 Å². The number of hydrogen-bond acceptors (Lipinski definition) is 3. The van der Waals surface area contributed by atoms with Gasteiger partial charge in [-0.1, -0.05) is 206 Å². The molecule has 0 radical (unpaired) electrons. The number of carboxylic acids is 1. The second kappa shape index (κ2) is 36.7. The van der Waals surface area contributed by atoms with Gasteiger partial charge in [-0.3, -0.25) is 9.59 Å². The number of aliphatic carboxylic acids is 1. The molecule has 1 amide bonds. The van der Waals surface area contributed by atoms with Gasteiger partial charge in [0.1, 0.15) is 0 Å². The van der Waals surface area contributed by atoms with Crippen LogP contribution < -0.4 is 5.73 Å². The molecule has 5 nitrogen and oxygen atoms in total. The van der Waals surface area contributed by atoms with E-state index >= 15 is 0 Å². The van der Waals surface area contributed by atoms with E-state index in [1.54, 1.807) is 0 Å². The molecule has 0 rings (SSSR count). The van der Waals surface area contributed by atoms with Gasteiger partial charge >= 0.3 is 5.97 Å². The van der Waals surface area contributed by atoms with Gasteiger partial charge in [-0.15, -0.1) is 0 Å². The molecule has 0 aromatic carbocycles. The van der Waals surface area contributed by atoms with E-state index < -0.39 is 12.0 Å². The van der Waals surface area contributed by atoms with Crippen LogP contribution in [0.3, 0.4) is 0 Å². The zero-order valence-electron chi connectivity index (χ0n) is 31.3. The summed E-state index contributed by atoms with van der Waals surface area (Å²) in [6.07, 6.45) is 43.1. The molecule has 1 unspecified atom stereocenters. The van der Waals surface area contributed by atoms with Crippen molar-refractivity contribution < 1.29 is 14.7 Å². The predicted molar refractivity (Wildman–Crippen MR) is 201 cm³/mol. The number of amides is 1. The Bertz CT molecular complexity index is 605. The number of rotatable bonds is 38. The fourth-order valence-electron chi connectivity index (χ4n) is 6.67. The van der Waals surface area contributed by atoms with Gasteiger partial charge in [0.25, 0.3) is 0 Å². The number of carboxylic acid groups (broad SMARTS) is 1. The number of unbranched alkanes of at least 4 members (excludes halogenated alkanes) is 30. The molecule has 0 aliphatic rings. The molecule has 0 spiro atoms. The number of carbonyl (C=O) groups excluding carboxylic acids is 1. The van der Waals surface area contributed by atoms with Gasteiger partial charge < -0.3 is 15.7 Å². The lowest BCUT2D eigenvalue weighted by atomic mass is 10.0. The quantitative estimate of drug-likeness (QED) is 0.0651. The van der Waals surface area contributed by atoms with E-state index in [-0.39, 0.29) is 18.7 Å². The average Bonchev–Trinajstić information content (AvgIpc) is 3.05. The molecule has 5 heteroatoms. The Kier molecular flexibility index (Phi) is 35.9. The lowest BCUT2D eigenvalue weighted by molar-refractivity contribution is -0.137. The highest BCUT2D eigenvalue weighted by molar-refractivity contribution is 5.82. The number of hydrogen-bond donors (Lipinski definition) is 2. The van der Waals surface area contributed by atoms with Crippen LogP contribution in [-0.2, 0) is 9.59 Å². The summed E-state index contributed by atoms with van der Waals surface area (Å²) < 4.78 is 0. The maximum absolute atomic E-state index is 13.0. The normalized spacial score (nSPS) is 12.1. The Morgan fingerprint density at radius 1 is 0.457 bits per heavy atom. The van der Waals surface area contributed by atoms with Gasteiger partial charge in [0.2, 0.25) is 5.91 Å². The summed E-state index contributed by atoms with van der Waals surface area (Å²) in [4.78, 5) is 26.0. The Morgan fingerprint density at radius 2 is 0.696 bits per heavy atom. The third kappa shape index (κ3) is 32.8. The molecule has 0 heterocycles.